The first-order chi connectivity index (χ1) is 11.3. The van der Waals surface area contributed by atoms with Crippen molar-refractivity contribution in [3.05, 3.63) is 29.3 Å². The number of rotatable bonds is 10. The molecule has 1 aromatic rings. The van der Waals surface area contributed by atoms with E-state index in [2.05, 4.69) is 72.8 Å². The van der Waals surface area contributed by atoms with Gasteiger partial charge in [-0.3, -0.25) is 0 Å². The van der Waals surface area contributed by atoms with Gasteiger partial charge in [-0.25, -0.2) is 0 Å². The third-order valence-electron chi connectivity index (χ3n) is 6.26. The Bertz CT molecular complexity index is 490. The van der Waals surface area contributed by atoms with Crippen LogP contribution in [0.1, 0.15) is 90.7 Å². The molecule has 0 aliphatic rings. The van der Waals surface area contributed by atoms with Crippen molar-refractivity contribution in [1.82, 2.24) is 0 Å². The minimum absolute atomic E-state index is 0.313. The summed E-state index contributed by atoms with van der Waals surface area (Å²) < 4.78 is 6.22. The van der Waals surface area contributed by atoms with Gasteiger partial charge in [0.05, 0.1) is 0 Å². The SMILES string of the molecule is CCO[Si](C)(C)c1cc(C(CC)CC)cc(C(CC)(CC)CC)c1. The fraction of sp³-hybridized carbons (Fsp3) is 0.727. The van der Waals surface area contributed by atoms with Crippen LogP contribution in [0.25, 0.3) is 0 Å². The molecule has 0 heterocycles. The molecule has 0 atom stereocenters. The van der Waals surface area contributed by atoms with Crippen molar-refractivity contribution in [3.8, 4) is 0 Å². The summed E-state index contributed by atoms with van der Waals surface area (Å²) >= 11 is 0. The van der Waals surface area contributed by atoms with Crippen molar-refractivity contribution in [2.45, 2.75) is 98.1 Å². The summed E-state index contributed by atoms with van der Waals surface area (Å²) in [5.74, 6) is 0.665. The second-order valence-corrected chi connectivity index (χ2v) is 11.5. The first-order valence-corrected chi connectivity index (χ1v) is 13.0. The third-order valence-corrected chi connectivity index (χ3v) is 8.94. The van der Waals surface area contributed by atoms with Crippen LogP contribution in [0.3, 0.4) is 0 Å². The predicted octanol–water partition coefficient (Wildman–Crippen LogP) is 6.51. The Morgan fingerprint density at radius 2 is 1.42 bits per heavy atom. The lowest BCUT2D eigenvalue weighted by atomic mass is 9.73. The fourth-order valence-corrected chi connectivity index (χ4v) is 6.01. The molecule has 1 nitrogen and oxygen atoms in total. The molecule has 1 aromatic carbocycles. The van der Waals surface area contributed by atoms with E-state index in [1.807, 2.05) is 0 Å². The molecule has 1 rings (SSSR count). The summed E-state index contributed by atoms with van der Waals surface area (Å²) in [6, 6.07) is 7.48. The van der Waals surface area contributed by atoms with Crippen molar-refractivity contribution < 1.29 is 4.43 Å². The average Bonchev–Trinajstić information content (AvgIpc) is 2.58. The van der Waals surface area contributed by atoms with Gasteiger partial charge in [0.1, 0.15) is 0 Å². The summed E-state index contributed by atoms with van der Waals surface area (Å²) in [5, 5.41) is 1.48. The molecule has 0 unspecified atom stereocenters. The lowest BCUT2D eigenvalue weighted by Gasteiger charge is -2.34. The summed E-state index contributed by atoms with van der Waals surface area (Å²) in [6.07, 6.45) is 6.06. The number of benzene rings is 1. The van der Waals surface area contributed by atoms with Crippen LogP contribution < -0.4 is 5.19 Å². The van der Waals surface area contributed by atoms with Gasteiger partial charge in [0, 0.05) is 6.61 Å². The van der Waals surface area contributed by atoms with Crippen LogP contribution in [-0.2, 0) is 9.84 Å². The number of hydrogen-bond acceptors (Lipinski definition) is 1. The van der Waals surface area contributed by atoms with Gasteiger partial charge < -0.3 is 4.43 Å². The van der Waals surface area contributed by atoms with E-state index in [1.165, 1.54) is 42.9 Å². The van der Waals surface area contributed by atoms with Crippen LogP contribution in [0.15, 0.2) is 18.2 Å². The highest BCUT2D eigenvalue weighted by atomic mass is 28.4. The Kier molecular flexibility index (Phi) is 8.21. The molecule has 2 heteroatoms. The van der Waals surface area contributed by atoms with E-state index >= 15 is 0 Å². The van der Waals surface area contributed by atoms with Gasteiger partial charge in [-0.05, 0) is 79.8 Å². The fourth-order valence-electron chi connectivity index (χ4n) is 4.11. The Morgan fingerprint density at radius 1 is 0.875 bits per heavy atom. The molecule has 0 amide bonds. The maximum absolute atomic E-state index is 6.22. The Morgan fingerprint density at radius 3 is 1.83 bits per heavy atom. The Labute approximate surface area is 152 Å². The zero-order valence-corrected chi connectivity index (χ0v) is 18.5. The molecule has 0 saturated heterocycles. The van der Waals surface area contributed by atoms with Gasteiger partial charge >= 0.3 is 0 Å². The summed E-state index contributed by atoms with van der Waals surface area (Å²) in [7, 11) is -1.83. The largest absolute Gasteiger partial charge is 0.413 e. The number of hydrogen-bond donors (Lipinski definition) is 0. The molecule has 0 N–H and O–H groups in total. The average molecular weight is 349 g/mol. The summed E-state index contributed by atoms with van der Waals surface area (Å²) in [6.45, 7) is 19.3. The second-order valence-electron chi connectivity index (χ2n) is 7.64. The van der Waals surface area contributed by atoms with E-state index in [9.17, 15) is 0 Å². The molecule has 0 radical (unpaired) electrons. The molecule has 0 saturated carbocycles. The molecule has 0 aliphatic carbocycles. The molecule has 0 fully saturated rings. The zero-order chi connectivity index (χ0) is 18.4. The molecular weight excluding hydrogens is 308 g/mol. The monoisotopic (exact) mass is 348 g/mol. The standard InChI is InChI=1S/C22H40OSi/c1-9-18(10-2)19-15-20(22(11-3,12-4)13-5)17-21(16-19)24(7,8)23-14-6/h15-18H,9-14H2,1-8H3. The van der Waals surface area contributed by atoms with Crippen molar-refractivity contribution >= 4 is 13.5 Å². The highest BCUT2D eigenvalue weighted by molar-refractivity contribution is 6.84. The van der Waals surface area contributed by atoms with Gasteiger partial charge in [-0.2, -0.15) is 0 Å². The Hall–Kier alpha value is -0.603. The third kappa shape index (κ3) is 4.52. The lowest BCUT2D eigenvalue weighted by molar-refractivity contribution is 0.338. The van der Waals surface area contributed by atoms with Crippen LogP contribution in [-0.4, -0.2) is 14.9 Å². The quantitative estimate of drug-likeness (QED) is 0.438. The van der Waals surface area contributed by atoms with E-state index in [0.29, 0.717) is 11.3 Å². The van der Waals surface area contributed by atoms with Crippen LogP contribution in [0.5, 0.6) is 0 Å². The second kappa shape index (κ2) is 9.19. The van der Waals surface area contributed by atoms with Gasteiger partial charge in [0.2, 0.25) is 8.32 Å². The van der Waals surface area contributed by atoms with Gasteiger partial charge in [0.15, 0.2) is 0 Å². The molecule has 0 bridgehead atoms. The van der Waals surface area contributed by atoms with Gasteiger partial charge in [-0.1, -0.05) is 52.8 Å². The van der Waals surface area contributed by atoms with Crippen molar-refractivity contribution in [2.24, 2.45) is 0 Å². The first-order valence-electron chi connectivity index (χ1n) is 10.1. The normalized spacial score (nSPS) is 12.9. The van der Waals surface area contributed by atoms with Crippen LogP contribution >= 0.6 is 0 Å². The van der Waals surface area contributed by atoms with Crippen molar-refractivity contribution in [3.63, 3.8) is 0 Å². The molecule has 0 aromatic heterocycles. The maximum Gasteiger partial charge on any atom is 0.218 e. The highest BCUT2D eigenvalue weighted by Gasteiger charge is 2.31. The van der Waals surface area contributed by atoms with Crippen molar-refractivity contribution in [1.29, 1.82) is 0 Å². The molecular formula is C22H40OSi. The van der Waals surface area contributed by atoms with E-state index < -0.39 is 8.32 Å². The highest BCUT2D eigenvalue weighted by Crippen LogP contribution is 2.37. The molecule has 24 heavy (non-hydrogen) atoms. The predicted molar refractivity (Wildman–Crippen MR) is 111 cm³/mol. The summed E-state index contributed by atoms with van der Waals surface area (Å²) in [5.41, 5.74) is 3.40. The topological polar surface area (TPSA) is 9.23 Å². The van der Waals surface area contributed by atoms with Crippen LogP contribution in [0, 0.1) is 0 Å². The summed E-state index contributed by atoms with van der Waals surface area (Å²) in [4.78, 5) is 0. The smallest absolute Gasteiger partial charge is 0.218 e. The van der Waals surface area contributed by atoms with E-state index in [-0.39, 0.29) is 0 Å². The minimum Gasteiger partial charge on any atom is -0.413 e. The molecule has 138 valence electrons. The Balaban J connectivity index is 3.56. The maximum atomic E-state index is 6.22. The minimum atomic E-state index is -1.83. The molecule has 0 spiro atoms. The van der Waals surface area contributed by atoms with Gasteiger partial charge in [-0.15, -0.1) is 0 Å². The van der Waals surface area contributed by atoms with Crippen LogP contribution in [0.2, 0.25) is 13.1 Å². The van der Waals surface area contributed by atoms with E-state index in [1.54, 1.807) is 5.56 Å². The van der Waals surface area contributed by atoms with Crippen LogP contribution in [0.4, 0.5) is 0 Å². The van der Waals surface area contributed by atoms with Gasteiger partial charge in [0.25, 0.3) is 0 Å². The lowest BCUT2D eigenvalue weighted by Crippen LogP contribution is -2.45. The van der Waals surface area contributed by atoms with E-state index in [4.69, 9.17) is 4.43 Å². The van der Waals surface area contributed by atoms with Crippen molar-refractivity contribution in [2.75, 3.05) is 6.61 Å². The zero-order valence-electron chi connectivity index (χ0n) is 17.5. The first kappa shape index (κ1) is 21.4. The van der Waals surface area contributed by atoms with E-state index in [0.717, 1.165) is 6.61 Å². The molecule has 0 aliphatic heterocycles.